The summed E-state index contributed by atoms with van der Waals surface area (Å²) in [4.78, 5) is 34.5. The van der Waals surface area contributed by atoms with Gasteiger partial charge < -0.3 is 10.1 Å². The number of aryl methyl sites for hydroxylation is 1. The first-order valence-corrected chi connectivity index (χ1v) is 7.59. The van der Waals surface area contributed by atoms with E-state index in [1.54, 1.807) is 18.2 Å². The molecule has 0 aliphatic rings. The molecule has 0 fully saturated rings. The lowest BCUT2D eigenvalue weighted by atomic mass is 10.1. The van der Waals surface area contributed by atoms with Gasteiger partial charge in [-0.2, -0.15) is 5.26 Å². The van der Waals surface area contributed by atoms with Crippen molar-refractivity contribution >= 4 is 23.3 Å². The Labute approximate surface area is 149 Å². The highest BCUT2D eigenvalue weighted by Crippen LogP contribution is 2.19. The number of nitro benzene ring substituents is 1. The third-order valence-electron chi connectivity index (χ3n) is 3.54. The molecule has 0 spiro atoms. The van der Waals surface area contributed by atoms with E-state index < -0.39 is 22.9 Å². The van der Waals surface area contributed by atoms with Gasteiger partial charge in [0.15, 0.2) is 6.10 Å². The topological polar surface area (TPSA) is 122 Å². The van der Waals surface area contributed by atoms with Gasteiger partial charge >= 0.3 is 5.97 Å². The maximum Gasteiger partial charge on any atom is 0.338 e. The van der Waals surface area contributed by atoms with E-state index in [2.05, 4.69) is 5.32 Å². The fourth-order valence-corrected chi connectivity index (χ4v) is 2.18. The summed E-state index contributed by atoms with van der Waals surface area (Å²) in [5.74, 6) is -1.33. The molecule has 0 saturated heterocycles. The number of rotatable bonds is 5. The van der Waals surface area contributed by atoms with Gasteiger partial charge in [0, 0.05) is 17.3 Å². The van der Waals surface area contributed by atoms with Crippen LogP contribution in [0, 0.1) is 28.4 Å². The zero-order valence-corrected chi connectivity index (χ0v) is 14.1. The van der Waals surface area contributed by atoms with Crippen LogP contribution >= 0.6 is 0 Å². The molecule has 1 amide bonds. The van der Waals surface area contributed by atoms with Crippen molar-refractivity contribution in [2.75, 3.05) is 5.32 Å². The molecular weight excluding hydrogens is 338 g/mol. The smallest absolute Gasteiger partial charge is 0.338 e. The van der Waals surface area contributed by atoms with Crippen molar-refractivity contribution in [3.8, 4) is 6.07 Å². The second-order valence-corrected chi connectivity index (χ2v) is 5.49. The lowest BCUT2D eigenvalue weighted by Gasteiger charge is -2.14. The zero-order chi connectivity index (χ0) is 19.3. The van der Waals surface area contributed by atoms with Gasteiger partial charge in [0.1, 0.15) is 0 Å². The molecule has 1 N–H and O–H groups in total. The van der Waals surface area contributed by atoms with Gasteiger partial charge in [-0.3, -0.25) is 14.9 Å². The molecule has 8 nitrogen and oxygen atoms in total. The number of carbonyl (C=O) groups excluding carboxylic acids is 2. The van der Waals surface area contributed by atoms with Gasteiger partial charge in [0.2, 0.25) is 0 Å². The van der Waals surface area contributed by atoms with Crippen molar-refractivity contribution in [2.24, 2.45) is 0 Å². The molecule has 0 aromatic heterocycles. The van der Waals surface area contributed by atoms with Crippen LogP contribution in [0.5, 0.6) is 0 Å². The van der Waals surface area contributed by atoms with Crippen LogP contribution in [0.25, 0.3) is 0 Å². The Balaban J connectivity index is 2.04. The average Bonchev–Trinajstić information content (AvgIpc) is 2.61. The Morgan fingerprint density at radius 3 is 2.62 bits per heavy atom. The number of nitriles is 1. The molecule has 26 heavy (non-hydrogen) atoms. The molecule has 0 radical (unpaired) electrons. The van der Waals surface area contributed by atoms with E-state index >= 15 is 0 Å². The summed E-state index contributed by atoms with van der Waals surface area (Å²) in [7, 11) is 0. The van der Waals surface area contributed by atoms with Gasteiger partial charge in [0.05, 0.1) is 22.1 Å². The largest absolute Gasteiger partial charge is 0.449 e. The number of nitro groups is 1. The van der Waals surface area contributed by atoms with Crippen LogP contribution in [0.15, 0.2) is 42.5 Å². The number of carbonyl (C=O) groups is 2. The second-order valence-electron chi connectivity index (χ2n) is 5.49. The summed E-state index contributed by atoms with van der Waals surface area (Å²) in [6, 6.07) is 12.1. The molecule has 1 atom stereocenters. The maximum absolute atomic E-state index is 12.1. The van der Waals surface area contributed by atoms with Crippen LogP contribution in [0.3, 0.4) is 0 Å². The molecule has 2 rings (SSSR count). The summed E-state index contributed by atoms with van der Waals surface area (Å²) in [6.07, 6.45) is -1.09. The van der Waals surface area contributed by atoms with E-state index in [0.29, 0.717) is 16.8 Å². The molecular formula is C18H15N3O5. The lowest BCUT2D eigenvalue weighted by molar-refractivity contribution is -0.385. The number of benzene rings is 2. The number of hydrogen-bond acceptors (Lipinski definition) is 6. The number of anilines is 1. The maximum atomic E-state index is 12.1. The van der Waals surface area contributed by atoms with E-state index in [1.165, 1.54) is 38.1 Å². The first-order valence-electron chi connectivity index (χ1n) is 7.59. The SMILES string of the molecule is Cc1cc(C(=O)O[C@H](C)C(=O)Nc2cccc(C#N)c2)ccc1[N+](=O)[O-]. The predicted molar refractivity (Wildman–Crippen MR) is 92.5 cm³/mol. The lowest BCUT2D eigenvalue weighted by Crippen LogP contribution is -2.30. The molecule has 132 valence electrons. The van der Waals surface area contributed by atoms with Gasteiger partial charge in [-0.15, -0.1) is 0 Å². The minimum Gasteiger partial charge on any atom is -0.449 e. The molecule has 2 aromatic carbocycles. The molecule has 8 heteroatoms. The molecule has 0 bridgehead atoms. The van der Waals surface area contributed by atoms with Gasteiger partial charge in [-0.25, -0.2) is 4.79 Å². The van der Waals surface area contributed by atoms with Crippen LogP contribution < -0.4 is 5.32 Å². The van der Waals surface area contributed by atoms with Crippen molar-refractivity contribution in [1.82, 2.24) is 0 Å². The summed E-state index contributed by atoms with van der Waals surface area (Å²) in [5, 5.41) is 22.2. The number of amides is 1. The fraction of sp³-hybridized carbons (Fsp3) is 0.167. The minimum atomic E-state index is -1.09. The van der Waals surface area contributed by atoms with Gasteiger partial charge in [-0.05, 0) is 44.2 Å². The van der Waals surface area contributed by atoms with Gasteiger partial charge in [0.25, 0.3) is 11.6 Å². The van der Waals surface area contributed by atoms with Crippen molar-refractivity contribution in [1.29, 1.82) is 5.26 Å². The zero-order valence-electron chi connectivity index (χ0n) is 14.1. The van der Waals surface area contributed by atoms with Crippen LogP contribution in [-0.4, -0.2) is 22.9 Å². The van der Waals surface area contributed by atoms with Crippen LogP contribution in [0.2, 0.25) is 0 Å². The van der Waals surface area contributed by atoms with E-state index in [1.807, 2.05) is 6.07 Å². The Morgan fingerprint density at radius 1 is 1.27 bits per heavy atom. The predicted octanol–water partition coefficient (Wildman–Crippen LogP) is 2.96. The molecule has 0 aliphatic carbocycles. The van der Waals surface area contributed by atoms with Gasteiger partial charge in [-0.1, -0.05) is 6.07 Å². The number of ether oxygens (including phenoxy) is 1. The third kappa shape index (κ3) is 4.42. The summed E-state index contributed by atoms with van der Waals surface area (Å²) in [6.45, 7) is 2.91. The van der Waals surface area contributed by atoms with E-state index in [-0.39, 0.29) is 11.3 Å². The van der Waals surface area contributed by atoms with E-state index in [9.17, 15) is 19.7 Å². The van der Waals surface area contributed by atoms with Crippen molar-refractivity contribution in [3.05, 3.63) is 69.3 Å². The van der Waals surface area contributed by atoms with Crippen molar-refractivity contribution in [3.63, 3.8) is 0 Å². The van der Waals surface area contributed by atoms with Crippen LogP contribution in [0.1, 0.15) is 28.4 Å². The number of nitrogens with one attached hydrogen (secondary N) is 1. The highest BCUT2D eigenvalue weighted by atomic mass is 16.6. The standard InChI is InChI=1S/C18H15N3O5/c1-11-8-14(6-7-16(11)21(24)25)18(23)26-12(2)17(22)20-15-5-3-4-13(9-15)10-19/h3-9,12H,1-2H3,(H,20,22)/t12-/m1/s1. The number of hydrogen-bond donors (Lipinski definition) is 1. The fourth-order valence-electron chi connectivity index (χ4n) is 2.18. The summed E-state index contributed by atoms with van der Waals surface area (Å²) < 4.78 is 5.10. The first-order chi connectivity index (χ1) is 12.3. The number of esters is 1. The molecule has 0 aliphatic heterocycles. The van der Waals surface area contributed by atoms with E-state index in [0.717, 1.165) is 0 Å². The Morgan fingerprint density at radius 2 is 2.00 bits per heavy atom. The quantitative estimate of drug-likeness (QED) is 0.501. The number of nitrogens with zero attached hydrogens (tertiary/aromatic N) is 2. The van der Waals surface area contributed by atoms with Crippen molar-refractivity contribution < 1.29 is 19.2 Å². The Bertz CT molecular complexity index is 917. The first kappa shape index (κ1) is 18.6. The third-order valence-corrected chi connectivity index (χ3v) is 3.54. The average molecular weight is 353 g/mol. The normalized spacial score (nSPS) is 11.1. The minimum absolute atomic E-state index is 0.107. The Kier molecular flexibility index (Phi) is 5.65. The molecule has 2 aromatic rings. The van der Waals surface area contributed by atoms with Crippen molar-refractivity contribution in [2.45, 2.75) is 20.0 Å². The molecule has 0 heterocycles. The van der Waals surface area contributed by atoms with E-state index in [4.69, 9.17) is 10.00 Å². The highest BCUT2D eigenvalue weighted by Gasteiger charge is 2.21. The Hall–Kier alpha value is -3.73. The summed E-state index contributed by atoms with van der Waals surface area (Å²) in [5.41, 5.74) is 1.11. The summed E-state index contributed by atoms with van der Waals surface area (Å²) >= 11 is 0. The molecule has 0 unspecified atom stereocenters. The van der Waals surface area contributed by atoms with Crippen LogP contribution in [-0.2, 0) is 9.53 Å². The second kappa shape index (κ2) is 7.90. The van der Waals surface area contributed by atoms with Crippen LogP contribution in [0.4, 0.5) is 11.4 Å². The monoisotopic (exact) mass is 353 g/mol. The highest BCUT2D eigenvalue weighted by molar-refractivity contribution is 5.97. The molecule has 0 saturated carbocycles.